The fraction of sp³-hybridized carbons (Fsp3) is 0.217. The van der Waals surface area contributed by atoms with Gasteiger partial charge >= 0.3 is 0 Å². The van der Waals surface area contributed by atoms with Gasteiger partial charge in [-0.05, 0) is 165 Å². The van der Waals surface area contributed by atoms with Crippen LogP contribution in [0.3, 0.4) is 0 Å². The number of aliphatic imine (C=N–C) groups is 2. The summed E-state index contributed by atoms with van der Waals surface area (Å²) in [4.78, 5) is 30.5. The van der Waals surface area contributed by atoms with Crippen LogP contribution in [0.4, 0.5) is 28.4 Å². The van der Waals surface area contributed by atoms with Crippen LogP contribution >= 0.6 is 8.88 Å². The van der Waals surface area contributed by atoms with E-state index in [2.05, 4.69) is 209 Å². The molecule has 0 aromatic heterocycles. The molecular formula is C69H76N5O2P. The molecule has 9 rings (SSSR count). The van der Waals surface area contributed by atoms with E-state index in [0.29, 0.717) is 20.7 Å². The van der Waals surface area contributed by atoms with Gasteiger partial charge in [-0.25, -0.2) is 4.99 Å². The van der Waals surface area contributed by atoms with E-state index < -0.39 is 5.78 Å². The molecule has 77 heavy (non-hydrogen) atoms. The minimum absolute atomic E-state index is 0.315. The number of nitrogens with zero attached hydrogens (tertiary/aromatic N) is 4. The van der Waals surface area contributed by atoms with Crippen molar-refractivity contribution in [1.29, 1.82) is 0 Å². The van der Waals surface area contributed by atoms with Crippen LogP contribution in [-0.4, -0.2) is 24.0 Å². The van der Waals surface area contributed by atoms with Crippen LogP contribution in [-0.2, 0) is 4.79 Å². The number of aryl methyl sites for hydroxylation is 15. The molecule has 2 N–H and O–H groups in total. The minimum atomic E-state index is -0.472. The Kier molecular flexibility index (Phi) is 20.2. The lowest BCUT2D eigenvalue weighted by atomic mass is 10.0. The molecule has 8 heteroatoms. The Morgan fingerprint density at radius 3 is 1.25 bits per heavy atom. The fourth-order valence-electron chi connectivity index (χ4n) is 10.2. The summed E-state index contributed by atoms with van der Waals surface area (Å²) in [5.74, 6) is -0.472. The number of hydrogen-bond acceptors (Lipinski definition) is 7. The van der Waals surface area contributed by atoms with Crippen molar-refractivity contribution in [3.05, 3.63) is 258 Å². The Morgan fingerprint density at radius 1 is 0.455 bits per heavy atom. The van der Waals surface area contributed by atoms with Gasteiger partial charge in [0.1, 0.15) is 0 Å². The van der Waals surface area contributed by atoms with Gasteiger partial charge < -0.3 is 15.1 Å². The van der Waals surface area contributed by atoms with Gasteiger partial charge in [0.05, 0.1) is 49.3 Å². The SMILES string of the molecule is Cc1cc(C)c(N)c(C)c1.Cc1cc(C)c(N2C=C(c3ccccc3)N(c3c(C)cc(C)cc3C)P2)c(C)c1.Cc1cc(C)c(N=CC(=Nc2c(C)cc(C)cc2C)c2ccccc2)c(C)c1.O=CC(=O)c1ccccc1. The van der Waals surface area contributed by atoms with Gasteiger partial charge in [-0.3, -0.25) is 14.6 Å². The molecule has 8 aromatic carbocycles. The Balaban J connectivity index is 0.000000185. The Morgan fingerprint density at radius 2 is 0.818 bits per heavy atom. The topological polar surface area (TPSA) is 91.4 Å². The molecule has 1 atom stereocenters. The molecular weight excluding hydrogens is 962 g/mol. The zero-order valence-electron chi connectivity index (χ0n) is 47.8. The lowest BCUT2D eigenvalue weighted by Gasteiger charge is -2.28. The summed E-state index contributed by atoms with van der Waals surface area (Å²) in [6.45, 7) is 32.1. The summed E-state index contributed by atoms with van der Waals surface area (Å²) in [5, 5.41) is 0. The van der Waals surface area contributed by atoms with E-state index >= 15 is 0 Å². The third-order valence-electron chi connectivity index (χ3n) is 13.3. The Bertz CT molecular complexity index is 3370. The van der Waals surface area contributed by atoms with Crippen LogP contribution in [0, 0.1) is 104 Å². The van der Waals surface area contributed by atoms with E-state index in [4.69, 9.17) is 15.7 Å². The lowest BCUT2D eigenvalue weighted by molar-refractivity contribution is -0.104. The third kappa shape index (κ3) is 15.3. The van der Waals surface area contributed by atoms with Crippen molar-refractivity contribution in [1.82, 2.24) is 0 Å². The molecule has 0 spiro atoms. The number of aldehydes is 1. The maximum atomic E-state index is 10.6. The average molecular weight is 1040 g/mol. The molecule has 394 valence electrons. The monoisotopic (exact) mass is 1040 g/mol. The normalized spacial score (nSPS) is 12.3. The van der Waals surface area contributed by atoms with E-state index in [-0.39, 0.29) is 0 Å². The summed E-state index contributed by atoms with van der Waals surface area (Å²) in [5.41, 5.74) is 35.1. The van der Waals surface area contributed by atoms with Crippen molar-refractivity contribution in [3.8, 4) is 0 Å². The molecule has 1 aliphatic heterocycles. The smallest absolute Gasteiger partial charge is 0.225 e. The van der Waals surface area contributed by atoms with Crippen molar-refractivity contribution >= 4 is 67.0 Å². The highest BCUT2D eigenvalue weighted by atomic mass is 31.1. The van der Waals surface area contributed by atoms with Crippen molar-refractivity contribution in [2.24, 2.45) is 9.98 Å². The number of carbonyl (C=O) groups excluding carboxylic acids is 2. The maximum Gasteiger partial charge on any atom is 0.225 e. The van der Waals surface area contributed by atoms with Crippen molar-refractivity contribution in [3.63, 3.8) is 0 Å². The maximum absolute atomic E-state index is 10.6. The number of ketones is 1. The third-order valence-corrected chi connectivity index (χ3v) is 14.5. The van der Waals surface area contributed by atoms with Gasteiger partial charge in [0, 0.05) is 23.0 Å². The van der Waals surface area contributed by atoms with E-state index in [9.17, 15) is 9.59 Å². The number of rotatable bonds is 9. The highest BCUT2D eigenvalue weighted by Crippen LogP contribution is 2.50. The second-order valence-corrected chi connectivity index (χ2v) is 21.6. The first-order chi connectivity index (χ1) is 36.6. The number of anilines is 3. The van der Waals surface area contributed by atoms with Gasteiger partial charge in [-0.2, -0.15) is 0 Å². The number of nitrogens with two attached hydrogens (primary N) is 1. The van der Waals surface area contributed by atoms with Crippen LogP contribution in [0.5, 0.6) is 0 Å². The molecule has 0 saturated carbocycles. The van der Waals surface area contributed by atoms with Crippen LogP contribution in [0.2, 0.25) is 0 Å². The molecule has 1 heterocycles. The molecule has 1 aliphatic rings. The number of benzene rings is 8. The summed E-state index contributed by atoms with van der Waals surface area (Å²) in [6.07, 6.45) is 4.55. The fourth-order valence-corrected chi connectivity index (χ4v) is 11.8. The van der Waals surface area contributed by atoms with Gasteiger partial charge in [-0.1, -0.05) is 179 Å². The summed E-state index contributed by atoms with van der Waals surface area (Å²) in [6, 6.07) is 51.5. The quantitative estimate of drug-likeness (QED) is 0.0388. The average Bonchev–Trinajstić information content (AvgIpc) is 3.80. The Hall–Kier alpha value is -7.99. The van der Waals surface area contributed by atoms with E-state index in [1.54, 1.807) is 30.3 Å². The second-order valence-electron chi connectivity index (χ2n) is 20.5. The van der Waals surface area contributed by atoms with E-state index in [1.807, 2.05) is 38.3 Å². The number of nitrogen functional groups attached to an aromatic ring is 1. The molecule has 7 nitrogen and oxygen atoms in total. The van der Waals surface area contributed by atoms with E-state index in [1.165, 1.54) is 106 Å². The highest BCUT2D eigenvalue weighted by Gasteiger charge is 2.29. The van der Waals surface area contributed by atoms with Crippen LogP contribution in [0.25, 0.3) is 5.70 Å². The van der Waals surface area contributed by atoms with Gasteiger partial charge in [0.15, 0.2) is 6.29 Å². The number of Topliss-reactive ketones (excluding diaryl/α,β-unsaturated/α-hetero) is 1. The molecule has 0 bridgehead atoms. The summed E-state index contributed by atoms with van der Waals surface area (Å²) >= 11 is 0. The standard InChI is InChI=1S/C26H29N2P.C26H28N2.C9H13N.C8H6O2/c1-17-12-19(3)25(20(4)13-17)27-16-24(23-10-8-7-9-11-23)28(29-27)26-21(5)14-18(2)15-22(26)6;1-17-12-19(3)25(20(4)13-17)27-16-24(23-10-8-7-9-11-23)28-26-21(5)14-18(2)15-22(26)6;1-6-4-7(2)9(10)8(3)5-6;9-6-8(10)7-4-2-1-3-5-7/h7-16,29H,1-6H3;7-16H,1-6H3;4-5H,10H2,1-3H3;1-6H. The van der Waals surface area contributed by atoms with Gasteiger partial charge in [-0.15, -0.1) is 0 Å². The Labute approximate surface area is 461 Å². The molecule has 0 radical (unpaired) electrons. The summed E-state index contributed by atoms with van der Waals surface area (Å²) < 4.78 is 4.93. The number of hydrogen-bond donors (Lipinski definition) is 1. The predicted octanol–water partition coefficient (Wildman–Crippen LogP) is 17.7. The van der Waals surface area contributed by atoms with Gasteiger partial charge in [0.25, 0.3) is 0 Å². The number of carbonyl (C=O) groups is 2. The molecule has 0 amide bonds. The van der Waals surface area contributed by atoms with Crippen LogP contribution in [0.1, 0.15) is 105 Å². The zero-order chi connectivity index (χ0) is 56.1. The first kappa shape index (κ1) is 58.3. The van der Waals surface area contributed by atoms with Crippen LogP contribution in [0.15, 0.2) is 168 Å². The first-order valence-electron chi connectivity index (χ1n) is 26.2. The van der Waals surface area contributed by atoms with Crippen LogP contribution < -0.4 is 15.1 Å². The predicted molar refractivity (Wildman–Crippen MR) is 333 cm³/mol. The largest absolute Gasteiger partial charge is 0.398 e. The minimum Gasteiger partial charge on any atom is -0.398 e. The van der Waals surface area contributed by atoms with E-state index in [0.717, 1.165) is 28.3 Å². The second kappa shape index (κ2) is 26.7. The van der Waals surface area contributed by atoms with Crippen molar-refractivity contribution in [2.45, 2.75) is 104 Å². The highest BCUT2D eigenvalue weighted by molar-refractivity contribution is 7.44. The molecule has 0 saturated heterocycles. The lowest BCUT2D eigenvalue weighted by Crippen LogP contribution is -2.13. The summed E-state index contributed by atoms with van der Waals surface area (Å²) in [7, 11) is 0.505. The molecule has 0 aliphatic carbocycles. The molecule has 0 fully saturated rings. The first-order valence-corrected chi connectivity index (χ1v) is 27.0. The van der Waals surface area contributed by atoms with Crippen molar-refractivity contribution in [2.75, 3.05) is 15.1 Å². The molecule has 1 unspecified atom stereocenters. The molecule has 8 aromatic rings. The van der Waals surface area contributed by atoms with Crippen molar-refractivity contribution < 1.29 is 9.59 Å². The van der Waals surface area contributed by atoms with Gasteiger partial charge in [0.2, 0.25) is 5.78 Å². The zero-order valence-corrected chi connectivity index (χ0v) is 48.8.